The first-order chi connectivity index (χ1) is 32.6. The molecule has 9 aromatic carbocycles. The van der Waals surface area contributed by atoms with Crippen molar-refractivity contribution in [2.24, 2.45) is 0 Å². The average molecular weight is 840 g/mol. The van der Waals surface area contributed by atoms with Crippen LogP contribution < -0.4 is 0 Å². The van der Waals surface area contributed by atoms with Gasteiger partial charge in [-0.05, 0) is 115 Å². The smallest absolute Gasteiger partial charge is 0.171 e. The third-order valence-corrected chi connectivity index (χ3v) is 17.8. The predicted octanol–water partition coefficient (Wildman–Crippen LogP) is 13.9. The van der Waals surface area contributed by atoms with E-state index in [1.807, 2.05) is 12.1 Å². The molecule has 6 aliphatic rings. The fourth-order valence-electron chi connectivity index (χ4n) is 15.6. The molecular formula is C62H33NO3. The number of fused-ring (bicyclic) bond motifs is 21. The number of aromatic nitrogens is 1. The van der Waals surface area contributed by atoms with Crippen LogP contribution in [-0.4, -0.2) is 16.0 Å². The van der Waals surface area contributed by atoms with Crippen LogP contribution in [0.2, 0.25) is 0 Å². The maximum absolute atomic E-state index is 15.3. The molecule has 304 valence electrons. The third-order valence-electron chi connectivity index (χ3n) is 17.8. The summed E-state index contributed by atoms with van der Waals surface area (Å²) in [6, 6.07) is 63.5. The summed E-state index contributed by atoms with van der Waals surface area (Å²) in [7, 11) is 0. The molecule has 6 aliphatic carbocycles. The number of nitrogens with zero attached hydrogens (tertiary/aromatic N) is 1. The Morgan fingerprint density at radius 1 is 0.379 bits per heavy atom. The van der Waals surface area contributed by atoms with Crippen molar-refractivity contribution < 1.29 is 14.0 Å². The fraction of sp³-hybridized carbons (Fsp3) is 0.0968. The highest BCUT2D eigenvalue weighted by atomic mass is 16.3. The Kier molecular flexibility index (Phi) is 5.34. The minimum absolute atomic E-state index is 0.0774. The van der Waals surface area contributed by atoms with Crippen LogP contribution in [0, 0.1) is 0 Å². The van der Waals surface area contributed by atoms with Crippen LogP contribution in [0.15, 0.2) is 180 Å². The second-order valence-corrected chi connectivity index (χ2v) is 20.0. The largest absolute Gasteiger partial charge is 0.456 e. The van der Waals surface area contributed by atoms with Crippen LogP contribution in [0.25, 0.3) is 71.2 Å². The van der Waals surface area contributed by atoms with E-state index < -0.39 is 0 Å². The molecule has 0 radical (unpaired) electrons. The van der Waals surface area contributed by atoms with Gasteiger partial charge in [0, 0.05) is 66.1 Å². The van der Waals surface area contributed by atoms with Gasteiger partial charge < -0.3 is 8.82 Å². The highest BCUT2D eigenvalue weighted by Gasteiger charge is 2.70. The number of carbonyl (C=O) groups is 2. The van der Waals surface area contributed by atoms with Crippen LogP contribution in [0.1, 0.15) is 100 Å². The van der Waals surface area contributed by atoms with Crippen molar-refractivity contribution in [1.82, 2.24) is 4.40 Å². The van der Waals surface area contributed by atoms with Crippen molar-refractivity contribution in [3.8, 4) is 11.1 Å². The second-order valence-electron chi connectivity index (χ2n) is 20.0. The van der Waals surface area contributed by atoms with Gasteiger partial charge in [0.05, 0.1) is 28.4 Å². The molecule has 0 saturated heterocycles. The number of hydrogen-bond donors (Lipinski definition) is 0. The van der Waals surface area contributed by atoms with E-state index >= 15 is 9.59 Å². The number of benzene rings is 9. The molecule has 3 aromatic heterocycles. The topological polar surface area (TPSA) is 51.7 Å². The molecule has 0 bridgehead atoms. The summed E-state index contributed by atoms with van der Waals surface area (Å²) in [5, 5.41) is 6.75. The van der Waals surface area contributed by atoms with Gasteiger partial charge >= 0.3 is 0 Å². The van der Waals surface area contributed by atoms with Gasteiger partial charge in [0.15, 0.2) is 11.6 Å². The SMILES string of the molecule is O=C1c2cc3c(cc2C2c4ccccc4C24c2ccccc2C14)c1cc(-c2cccc4oc5ccccc5c24)cc2c4cc5c(cc4n3c12)C(=O)C1c2ccccc2C12c1ccccc1C52. The van der Waals surface area contributed by atoms with E-state index in [0.717, 1.165) is 105 Å². The zero-order valence-electron chi connectivity index (χ0n) is 35.2. The summed E-state index contributed by atoms with van der Waals surface area (Å²) in [6.07, 6.45) is 0. The normalized spacial score (nSPS) is 24.2. The van der Waals surface area contributed by atoms with Crippen LogP contribution in [0.4, 0.5) is 0 Å². The number of Topliss-reactive ketones (excluding diaryl/α,β-unsaturated/α-hetero) is 2. The zero-order valence-corrected chi connectivity index (χ0v) is 35.2. The lowest BCUT2D eigenvalue weighted by Crippen LogP contribution is -2.61. The van der Waals surface area contributed by atoms with E-state index in [4.69, 9.17) is 4.42 Å². The Morgan fingerprint density at radius 2 is 0.833 bits per heavy atom. The molecule has 2 spiro atoms. The van der Waals surface area contributed by atoms with Gasteiger partial charge in [-0.25, -0.2) is 0 Å². The Morgan fingerprint density at radius 3 is 1.36 bits per heavy atom. The average Bonchev–Trinajstić information content (AvgIpc) is 3.98. The third kappa shape index (κ3) is 3.22. The van der Waals surface area contributed by atoms with Crippen molar-refractivity contribution in [2.45, 2.75) is 34.5 Å². The van der Waals surface area contributed by atoms with E-state index in [9.17, 15) is 0 Å². The van der Waals surface area contributed by atoms with Crippen LogP contribution in [-0.2, 0) is 10.8 Å². The first-order valence-electron chi connectivity index (χ1n) is 23.3. The van der Waals surface area contributed by atoms with E-state index in [0.29, 0.717) is 0 Å². The summed E-state index contributed by atoms with van der Waals surface area (Å²) in [4.78, 5) is 30.6. The number of ketones is 2. The maximum Gasteiger partial charge on any atom is 0.171 e. The molecule has 0 N–H and O–H groups in total. The van der Waals surface area contributed by atoms with E-state index in [1.54, 1.807) is 0 Å². The van der Waals surface area contributed by atoms with Gasteiger partial charge in [0.2, 0.25) is 0 Å². The molecule has 6 atom stereocenters. The van der Waals surface area contributed by atoms with E-state index in [2.05, 4.69) is 168 Å². The van der Waals surface area contributed by atoms with Crippen molar-refractivity contribution in [2.75, 3.05) is 0 Å². The van der Waals surface area contributed by atoms with Crippen molar-refractivity contribution >= 4 is 71.6 Å². The van der Waals surface area contributed by atoms with Gasteiger partial charge in [-0.2, -0.15) is 0 Å². The molecule has 0 amide bonds. The molecule has 66 heavy (non-hydrogen) atoms. The Balaban J connectivity index is 0.971. The van der Waals surface area contributed by atoms with Crippen molar-refractivity contribution in [3.63, 3.8) is 0 Å². The summed E-state index contributed by atoms with van der Waals surface area (Å²) in [6.45, 7) is 0. The molecule has 6 unspecified atom stereocenters. The first-order valence-corrected chi connectivity index (χ1v) is 23.3. The van der Waals surface area contributed by atoms with Gasteiger partial charge in [-0.3, -0.25) is 9.59 Å². The molecule has 12 aromatic rings. The number of hydrogen-bond acceptors (Lipinski definition) is 3. The van der Waals surface area contributed by atoms with Gasteiger partial charge in [-0.15, -0.1) is 0 Å². The predicted molar refractivity (Wildman–Crippen MR) is 259 cm³/mol. The number of rotatable bonds is 1. The highest BCUT2D eigenvalue weighted by Crippen LogP contribution is 2.75. The van der Waals surface area contributed by atoms with E-state index in [1.165, 1.54) is 33.4 Å². The van der Waals surface area contributed by atoms with Gasteiger partial charge in [-0.1, -0.05) is 127 Å². The second kappa shape index (κ2) is 10.5. The standard InChI is InChI=1S/C62H33NO3/c64-59-43-28-49-37(26-39(43)54-32-12-1-6-18-45(32)61(54)47-20-8-3-14-34(47)56(59)61)41-24-30(31-17-11-23-52-53(31)36-16-5-10-22-51(36)66-52)25-42-38-27-40-44(29-50(38)63(49)58(41)42)60(65)57-35-15-4-9-21-48(35)62(57)46-19-7-2-13-33(46)55(40)62/h1-29,54-57H. The number of para-hydroxylation sites is 1. The Bertz CT molecular complexity index is 4170. The molecule has 0 aliphatic heterocycles. The molecule has 4 heteroatoms. The van der Waals surface area contributed by atoms with Gasteiger partial charge in [0.1, 0.15) is 11.2 Å². The van der Waals surface area contributed by atoms with Gasteiger partial charge in [0.25, 0.3) is 0 Å². The lowest BCUT2D eigenvalue weighted by atomic mass is 9.36. The molecule has 3 heterocycles. The molecule has 18 rings (SSSR count). The zero-order chi connectivity index (χ0) is 42.7. The molecular weight excluding hydrogens is 807 g/mol. The van der Waals surface area contributed by atoms with Crippen LogP contribution >= 0.6 is 0 Å². The minimum Gasteiger partial charge on any atom is -0.456 e. The number of carbonyl (C=O) groups excluding carboxylic acids is 2. The van der Waals surface area contributed by atoms with Crippen LogP contribution in [0.3, 0.4) is 0 Å². The van der Waals surface area contributed by atoms with Crippen molar-refractivity contribution in [3.05, 3.63) is 243 Å². The van der Waals surface area contributed by atoms with Crippen molar-refractivity contribution in [1.29, 1.82) is 0 Å². The Labute approximate surface area is 376 Å². The highest BCUT2D eigenvalue weighted by molar-refractivity contribution is 6.27. The van der Waals surface area contributed by atoms with Crippen LogP contribution in [0.5, 0.6) is 0 Å². The lowest BCUT2D eigenvalue weighted by Gasteiger charge is -2.64. The first kappa shape index (κ1) is 33.4. The van der Waals surface area contributed by atoms with E-state index in [-0.39, 0.29) is 46.1 Å². The summed E-state index contributed by atoms with van der Waals surface area (Å²) >= 11 is 0. The maximum atomic E-state index is 15.3. The molecule has 4 nitrogen and oxygen atoms in total. The lowest BCUT2D eigenvalue weighted by molar-refractivity contribution is 0.0839. The monoisotopic (exact) mass is 839 g/mol. The summed E-state index contributed by atoms with van der Waals surface area (Å²) in [5.41, 5.74) is 20.4. The quantitative estimate of drug-likeness (QED) is 0.165. The summed E-state index contributed by atoms with van der Waals surface area (Å²) in [5.74, 6) is 0.124. The molecule has 0 fully saturated rings. The number of furan rings is 1. The minimum atomic E-state index is -0.351. The Hall–Kier alpha value is -8.08. The summed E-state index contributed by atoms with van der Waals surface area (Å²) < 4.78 is 8.86. The molecule has 0 saturated carbocycles. The fourth-order valence-corrected chi connectivity index (χ4v) is 15.6.